The Bertz CT molecular complexity index is 358. The minimum absolute atomic E-state index is 0.116. The van der Waals surface area contributed by atoms with Crippen LogP contribution in [0.3, 0.4) is 0 Å². The van der Waals surface area contributed by atoms with E-state index in [1.165, 1.54) is 11.1 Å². The molecule has 1 N–H and O–H groups in total. The molecule has 0 fully saturated rings. The van der Waals surface area contributed by atoms with Crippen LogP contribution in [0.25, 0.3) is 0 Å². The molecule has 0 aromatic heterocycles. The molecule has 16 heavy (non-hydrogen) atoms. The molecule has 0 aliphatic heterocycles. The molecule has 0 unspecified atom stereocenters. The molecular formula is C14H19NO. The lowest BCUT2D eigenvalue weighted by Gasteiger charge is -2.06. The maximum Gasteiger partial charge on any atom is 0.220 e. The summed E-state index contributed by atoms with van der Waals surface area (Å²) >= 11 is 0. The summed E-state index contributed by atoms with van der Waals surface area (Å²) in [6.07, 6.45) is 4.01. The molecular weight excluding hydrogens is 198 g/mol. The Morgan fingerprint density at radius 1 is 1.44 bits per heavy atom. The van der Waals surface area contributed by atoms with Crippen LogP contribution in [0.2, 0.25) is 0 Å². The van der Waals surface area contributed by atoms with Gasteiger partial charge in [0.05, 0.1) is 0 Å². The first-order valence-corrected chi connectivity index (χ1v) is 5.66. The number of rotatable bonds is 6. The molecule has 1 amide bonds. The number of carbonyl (C=O) groups is 1. The van der Waals surface area contributed by atoms with Gasteiger partial charge in [-0.3, -0.25) is 4.79 Å². The van der Waals surface area contributed by atoms with Crippen LogP contribution in [-0.2, 0) is 11.2 Å². The molecule has 86 valence electrons. The van der Waals surface area contributed by atoms with Gasteiger partial charge < -0.3 is 5.32 Å². The van der Waals surface area contributed by atoms with Crippen molar-refractivity contribution in [2.24, 2.45) is 0 Å². The van der Waals surface area contributed by atoms with Crippen LogP contribution in [0.4, 0.5) is 0 Å². The topological polar surface area (TPSA) is 29.1 Å². The average molecular weight is 217 g/mol. The summed E-state index contributed by atoms with van der Waals surface area (Å²) in [6, 6.07) is 8.18. The zero-order valence-corrected chi connectivity index (χ0v) is 9.83. The molecule has 1 aromatic carbocycles. The summed E-state index contributed by atoms with van der Waals surface area (Å²) in [4.78, 5) is 11.5. The van der Waals surface area contributed by atoms with Gasteiger partial charge in [-0.1, -0.05) is 30.3 Å². The molecule has 1 aromatic rings. The highest BCUT2D eigenvalue weighted by molar-refractivity contribution is 5.76. The molecule has 0 aliphatic rings. The summed E-state index contributed by atoms with van der Waals surface area (Å²) in [5, 5.41) is 2.86. The lowest BCUT2D eigenvalue weighted by molar-refractivity contribution is -0.121. The summed E-state index contributed by atoms with van der Waals surface area (Å²) in [7, 11) is 0. The van der Waals surface area contributed by atoms with Gasteiger partial charge >= 0.3 is 0 Å². The molecule has 0 bridgehead atoms. The first kappa shape index (κ1) is 12.5. The predicted molar refractivity (Wildman–Crippen MR) is 67.3 cm³/mol. The highest BCUT2D eigenvalue weighted by Crippen LogP contribution is 2.09. The smallest absolute Gasteiger partial charge is 0.220 e. The van der Waals surface area contributed by atoms with Crippen LogP contribution in [0.15, 0.2) is 36.9 Å². The largest absolute Gasteiger partial charge is 0.356 e. The Morgan fingerprint density at radius 3 is 2.88 bits per heavy atom. The number of carbonyl (C=O) groups excluding carboxylic acids is 1. The summed E-state index contributed by atoms with van der Waals surface area (Å²) in [6.45, 7) is 6.38. The van der Waals surface area contributed by atoms with Gasteiger partial charge in [-0.15, -0.1) is 6.58 Å². The maximum atomic E-state index is 11.5. The second-order valence-electron chi connectivity index (χ2n) is 3.85. The van der Waals surface area contributed by atoms with Crippen molar-refractivity contribution in [2.45, 2.75) is 26.2 Å². The molecule has 0 saturated carbocycles. The fourth-order valence-corrected chi connectivity index (χ4v) is 1.54. The number of hydrogen-bond donors (Lipinski definition) is 1. The van der Waals surface area contributed by atoms with Crippen molar-refractivity contribution in [3.8, 4) is 0 Å². The monoisotopic (exact) mass is 217 g/mol. The Labute approximate surface area is 97.4 Å². The average Bonchev–Trinajstić information content (AvgIpc) is 2.28. The first-order valence-electron chi connectivity index (χ1n) is 5.66. The third-order valence-corrected chi connectivity index (χ3v) is 2.55. The Balaban J connectivity index is 2.31. The number of aryl methyl sites for hydroxylation is 2. The maximum absolute atomic E-state index is 11.5. The van der Waals surface area contributed by atoms with E-state index in [0.29, 0.717) is 13.0 Å². The molecule has 0 spiro atoms. The number of benzene rings is 1. The van der Waals surface area contributed by atoms with Crippen molar-refractivity contribution in [3.63, 3.8) is 0 Å². The van der Waals surface area contributed by atoms with E-state index in [1.54, 1.807) is 0 Å². The lowest BCUT2D eigenvalue weighted by Crippen LogP contribution is -2.24. The van der Waals surface area contributed by atoms with Gasteiger partial charge in [0.2, 0.25) is 5.91 Å². The van der Waals surface area contributed by atoms with Gasteiger partial charge in [-0.25, -0.2) is 0 Å². The number of amides is 1. The van der Waals surface area contributed by atoms with Gasteiger partial charge in [0, 0.05) is 13.0 Å². The van der Waals surface area contributed by atoms with Crippen LogP contribution < -0.4 is 5.32 Å². The fourth-order valence-electron chi connectivity index (χ4n) is 1.54. The third kappa shape index (κ3) is 4.30. The minimum atomic E-state index is 0.116. The van der Waals surface area contributed by atoms with Gasteiger partial charge in [0.1, 0.15) is 0 Å². The zero-order chi connectivity index (χ0) is 11.8. The van der Waals surface area contributed by atoms with E-state index in [-0.39, 0.29) is 5.91 Å². The molecule has 2 heteroatoms. The van der Waals surface area contributed by atoms with E-state index < -0.39 is 0 Å². The second kappa shape index (κ2) is 6.83. The molecule has 0 heterocycles. The van der Waals surface area contributed by atoms with E-state index in [1.807, 2.05) is 18.2 Å². The zero-order valence-electron chi connectivity index (χ0n) is 9.83. The Kier molecular flexibility index (Phi) is 5.34. The molecule has 0 saturated heterocycles. The molecule has 0 atom stereocenters. The van der Waals surface area contributed by atoms with E-state index in [9.17, 15) is 4.79 Å². The van der Waals surface area contributed by atoms with Crippen molar-refractivity contribution in [2.75, 3.05) is 6.54 Å². The fraction of sp³-hybridized carbons (Fsp3) is 0.357. The van der Waals surface area contributed by atoms with Gasteiger partial charge in [0.25, 0.3) is 0 Å². The van der Waals surface area contributed by atoms with E-state index in [2.05, 4.69) is 31.0 Å². The van der Waals surface area contributed by atoms with Gasteiger partial charge in [-0.2, -0.15) is 0 Å². The van der Waals surface area contributed by atoms with E-state index in [4.69, 9.17) is 0 Å². The van der Waals surface area contributed by atoms with Crippen molar-refractivity contribution < 1.29 is 4.79 Å². The van der Waals surface area contributed by atoms with Crippen molar-refractivity contribution >= 4 is 5.91 Å². The van der Waals surface area contributed by atoms with Crippen molar-refractivity contribution in [1.29, 1.82) is 0 Å². The van der Waals surface area contributed by atoms with Crippen molar-refractivity contribution in [1.82, 2.24) is 5.32 Å². The first-order chi connectivity index (χ1) is 7.74. The van der Waals surface area contributed by atoms with E-state index >= 15 is 0 Å². The quantitative estimate of drug-likeness (QED) is 0.576. The highest BCUT2D eigenvalue weighted by atomic mass is 16.1. The van der Waals surface area contributed by atoms with Gasteiger partial charge in [-0.05, 0) is 30.9 Å². The highest BCUT2D eigenvalue weighted by Gasteiger charge is 2.02. The summed E-state index contributed by atoms with van der Waals surface area (Å²) in [5.74, 6) is 0.116. The molecule has 0 aliphatic carbocycles. The third-order valence-electron chi connectivity index (χ3n) is 2.55. The van der Waals surface area contributed by atoms with Crippen LogP contribution in [0.5, 0.6) is 0 Å². The van der Waals surface area contributed by atoms with Crippen LogP contribution in [-0.4, -0.2) is 12.5 Å². The van der Waals surface area contributed by atoms with E-state index in [0.717, 1.165) is 12.8 Å². The lowest BCUT2D eigenvalue weighted by atomic mass is 10.0. The SMILES string of the molecule is C=CCCNC(=O)CCc1ccccc1C. The predicted octanol–water partition coefficient (Wildman–Crippen LogP) is 2.62. The molecule has 0 radical (unpaired) electrons. The summed E-state index contributed by atoms with van der Waals surface area (Å²) < 4.78 is 0. The number of nitrogens with one attached hydrogen (secondary N) is 1. The normalized spacial score (nSPS) is 9.81. The van der Waals surface area contributed by atoms with Crippen molar-refractivity contribution in [3.05, 3.63) is 48.0 Å². The van der Waals surface area contributed by atoms with Crippen LogP contribution in [0, 0.1) is 6.92 Å². The minimum Gasteiger partial charge on any atom is -0.356 e. The summed E-state index contributed by atoms with van der Waals surface area (Å²) in [5.41, 5.74) is 2.50. The molecule has 2 nitrogen and oxygen atoms in total. The van der Waals surface area contributed by atoms with Crippen LogP contribution >= 0.6 is 0 Å². The second-order valence-corrected chi connectivity index (χ2v) is 3.85. The standard InChI is InChI=1S/C14H19NO/c1-3-4-11-15-14(16)10-9-13-8-6-5-7-12(13)2/h3,5-8H,1,4,9-11H2,2H3,(H,15,16). The Morgan fingerprint density at radius 2 is 2.19 bits per heavy atom. The van der Waals surface area contributed by atoms with Gasteiger partial charge in [0.15, 0.2) is 0 Å². The molecule has 1 rings (SSSR count). The number of hydrogen-bond acceptors (Lipinski definition) is 1. The Hall–Kier alpha value is -1.57. The van der Waals surface area contributed by atoms with Crippen LogP contribution in [0.1, 0.15) is 24.0 Å².